The molecule has 1 N–H and O–H groups in total. The maximum Gasteiger partial charge on any atom is 0.328 e. The van der Waals surface area contributed by atoms with Gasteiger partial charge in [-0.3, -0.25) is 19.1 Å². The molecule has 134 valence electrons. The van der Waals surface area contributed by atoms with Gasteiger partial charge in [0.05, 0.1) is 6.54 Å². The lowest BCUT2D eigenvalue weighted by molar-refractivity contribution is 0.0969. The van der Waals surface area contributed by atoms with E-state index in [1.165, 1.54) is 6.20 Å². The van der Waals surface area contributed by atoms with E-state index < -0.39 is 11.2 Å². The summed E-state index contributed by atoms with van der Waals surface area (Å²) in [6.45, 7) is 4.29. The summed E-state index contributed by atoms with van der Waals surface area (Å²) in [5, 5.41) is -0.132. The molecule has 0 fully saturated rings. The van der Waals surface area contributed by atoms with Crippen LogP contribution in [0.1, 0.15) is 27.3 Å². The molecular formula is C19H18ClN3O3. The zero-order valence-electron chi connectivity index (χ0n) is 14.5. The van der Waals surface area contributed by atoms with Crippen molar-refractivity contribution < 1.29 is 4.79 Å². The Morgan fingerprint density at radius 1 is 1.15 bits per heavy atom. The molecule has 0 radical (unpaired) electrons. The van der Waals surface area contributed by atoms with Crippen LogP contribution in [0.4, 0.5) is 0 Å². The number of nitrogens with one attached hydrogen (secondary N) is 1. The lowest BCUT2D eigenvalue weighted by Gasteiger charge is -2.10. The van der Waals surface area contributed by atoms with Gasteiger partial charge in [0.1, 0.15) is 5.02 Å². The van der Waals surface area contributed by atoms with Crippen molar-refractivity contribution in [2.75, 3.05) is 0 Å². The third-order valence-electron chi connectivity index (χ3n) is 4.34. The molecule has 2 aromatic heterocycles. The van der Waals surface area contributed by atoms with Gasteiger partial charge in [0.15, 0.2) is 5.78 Å². The van der Waals surface area contributed by atoms with Crippen LogP contribution in [0.3, 0.4) is 0 Å². The molecule has 7 heteroatoms. The average Bonchev–Trinajstić information content (AvgIpc) is 2.89. The zero-order valence-corrected chi connectivity index (χ0v) is 15.2. The second-order valence-corrected chi connectivity index (χ2v) is 6.55. The Labute approximate surface area is 154 Å². The number of aromatic amines is 1. The molecule has 3 rings (SSSR count). The molecule has 0 amide bonds. The molecular weight excluding hydrogens is 354 g/mol. The Bertz CT molecular complexity index is 1080. The number of carbonyl (C=O) groups excluding carboxylic acids is 1. The summed E-state index contributed by atoms with van der Waals surface area (Å²) < 4.78 is 3.17. The summed E-state index contributed by atoms with van der Waals surface area (Å²) in [4.78, 5) is 38.0. The minimum absolute atomic E-state index is 0.132. The van der Waals surface area contributed by atoms with Crippen molar-refractivity contribution >= 4 is 17.4 Å². The molecule has 0 unspecified atom stereocenters. The molecule has 0 aliphatic carbocycles. The number of Topliss-reactive ketones (excluding diaryl/α,β-unsaturated/α-hetero) is 1. The smallest absolute Gasteiger partial charge is 0.328 e. The number of nitrogens with zero attached hydrogens (tertiary/aromatic N) is 2. The van der Waals surface area contributed by atoms with Gasteiger partial charge >= 0.3 is 5.69 Å². The lowest BCUT2D eigenvalue weighted by atomic mass is 10.1. The van der Waals surface area contributed by atoms with Gasteiger partial charge in [0.25, 0.3) is 5.56 Å². The molecule has 0 spiro atoms. The predicted octanol–water partition coefficient (Wildman–Crippen LogP) is 2.54. The molecule has 2 heterocycles. The Morgan fingerprint density at radius 2 is 1.85 bits per heavy atom. The highest BCUT2D eigenvalue weighted by Gasteiger charge is 2.17. The highest BCUT2D eigenvalue weighted by atomic mass is 35.5. The maximum atomic E-state index is 12.7. The Balaban J connectivity index is 1.89. The van der Waals surface area contributed by atoms with E-state index in [0.717, 1.165) is 21.5 Å². The van der Waals surface area contributed by atoms with E-state index in [2.05, 4.69) is 9.55 Å². The largest absolute Gasteiger partial charge is 0.344 e. The first kappa shape index (κ1) is 17.9. The molecule has 26 heavy (non-hydrogen) atoms. The van der Waals surface area contributed by atoms with Crippen LogP contribution < -0.4 is 11.2 Å². The number of carbonyl (C=O) groups is 1. The fourth-order valence-corrected chi connectivity index (χ4v) is 3.10. The van der Waals surface area contributed by atoms with Crippen LogP contribution in [0.25, 0.3) is 0 Å². The molecule has 0 aliphatic rings. The van der Waals surface area contributed by atoms with Crippen LogP contribution in [0.15, 0.2) is 52.2 Å². The summed E-state index contributed by atoms with van der Waals surface area (Å²) in [5.74, 6) is -0.220. The average molecular weight is 372 g/mol. The van der Waals surface area contributed by atoms with Gasteiger partial charge in [-0.2, -0.15) is 0 Å². The number of hydrogen-bond donors (Lipinski definition) is 1. The van der Waals surface area contributed by atoms with Crippen molar-refractivity contribution in [1.29, 1.82) is 0 Å². The molecule has 0 saturated carbocycles. The zero-order chi connectivity index (χ0) is 18.8. The van der Waals surface area contributed by atoms with Crippen molar-refractivity contribution in [3.63, 3.8) is 0 Å². The monoisotopic (exact) mass is 371 g/mol. The van der Waals surface area contributed by atoms with Gasteiger partial charge in [0.2, 0.25) is 0 Å². The predicted molar refractivity (Wildman–Crippen MR) is 100 cm³/mol. The first-order valence-electron chi connectivity index (χ1n) is 8.10. The van der Waals surface area contributed by atoms with Crippen molar-refractivity contribution in [1.82, 2.24) is 14.1 Å². The molecule has 0 bridgehead atoms. The molecule has 0 saturated heterocycles. The van der Waals surface area contributed by atoms with E-state index >= 15 is 0 Å². The van der Waals surface area contributed by atoms with E-state index in [1.807, 2.05) is 50.2 Å². The fourth-order valence-electron chi connectivity index (χ4n) is 2.93. The second-order valence-electron chi connectivity index (χ2n) is 6.14. The van der Waals surface area contributed by atoms with Crippen LogP contribution in [0.5, 0.6) is 0 Å². The highest BCUT2D eigenvalue weighted by molar-refractivity contribution is 6.30. The van der Waals surface area contributed by atoms with Gasteiger partial charge < -0.3 is 4.57 Å². The van der Waals surface area contributed by atoms with Gasteiger partial charge in [-0.25, -0.2) is 4.79 Å². The Hall–Kier alpha value is -2.86. The number of hydrogen-bond acceptors (Lipinski definition) is 3. The summed E-state index contributed by atoms with van der Waals surface area (Å²) in [6.07, 6.45) is 1.18. The van der Waals surface area contributed by atoms with Crippen LogP contribution in [0.2, 0.25) is 5.02 Å². The van der Waals surface area contributed by atoms with E-state index in [-0.39, 0.29) is 17.4 Å². The van der Waals surface area contributed by atoms with Crippen LogP contribution in [0, 0.1) is 13.8 Å². The van der Waals surface area contributed by atoms with Gasteiger partial charge in [-0.15, -0.1) is 0 Å². The number of halogens is 1. The highest BCUT2D eigenvalue weighted by Crippen LogP contribution is 2.18. The van der Waals surface area contributed by atoms with E-state index in [9.17, 15) is 14.4 Å². The topological polar surface area (TPSA) is 76.9 Å². The first-order chi connectivity index (χ1) is 12.4. The summed E-state index contributed by atoms with van der Waals surface area (Å²) in [7, 11) is 0. The third-order valence-corrected chi connectivity index (χ3v) is 4.61. The fraction of sp³-hybridized carbons (Fsp3) is 0.211. The van der Waals surface area contributed by atoms with E-state index in [4.69, 9.17) is 11.6 Å². The van der Waals surface area contributed by atoms with Crippen LogP contribution >= 0.6 is 11.6 Å². The van der Waals surface area contributed by atoms with Gasteiger partial charge in [-0.1, -0.05) is 41.9 Å². The minimum atomic E-state index is -0.665. The third kappa shape index (κ3) is 3.55. The standard InChI is InChI=1S/C19H18ClN3O3/c1-12-8-15(13(2)23(12)9-14-6-4-3-5-7-14)17(24)11-22-10-16(20)18(25)21-19(22)26/h3-8,10H,9,11H2,1-2H3,(H,21,25,26). The molecule has 3 aromatic rings. The SMILES string of the molecule is Cc1cc(C(=O)Cn2cc(Cl)c(=O)[nH]c2=O)c(C)n1Cc1ccccc1. The summed E-state index contributed by atoms with van der Waals surface area (Å²) in [5.41, 5.74) is 2.15. The quantitative estimate of drug-likeness (QED) is 0.700. The number of aryl methyl sites for hydroxylation is 1. The van der Waals surface area contributed by atoms with E-state index in [0.29, 0.717) is 12.1 Å². The Kier molecular flexibility index (Phi) is 4.95. The van der Waals surface area contributed by atoms with Crippen molar-refractivity contribution in [3.05, 3.63) is 91.0 Å². The van der Waals surface area contributed by atoms with Crippen LogP contribution in [-0.4, -0.2) is 19.9 Å². The normalized spacial score (nSPS) is 10.9. The van der Waals surface area contributed by atoms with Gasteiger partial charge in [0, 0.05) is 29.7 Å². The number of ketones is 1. The van der Waals surface area contributed by atoms with Crippen molar-refractivity contribution in [2.45, 2.75) is 26.9 Å². The number of rotatable bonds is 5. The molecule has 0 atom stereocenters. The summed E-state index contributed by atoms with van der Waals surface area (Å²) >= 11 is 5.75. The summed E-state index contributed by atoms with van der Waals surface area (Å²) in [6, 6.07) is 11.8. The second kappa shape index (κ2) is 7.17. The molecule has 0 aliphatic heterocycles. The number of H-pyrrole nitrogens is 1. The Morgan fingerprint density at radius 3 is 2.54 bits per heavy atom. The minimum Gasteiger partial charge on any atom is -0.344 e. The van der Waals surface area contributed by atoms with Crippen LogP contribution in [-0.2, 0) is 13.1 Å². The molecule has 1 aromatic carbocycles. The van der Waals surface area contributed by atoms with E-state index in [1.54, 1.807) is 0 Å². The van der Waals surface area contributed by atoms with Gasteiger partial charge in [-0.05, 0) is 25.5 Å². The van der Waals surface area contributed by atoms with Crippen molar-refractivity contribution in [2.24, 2.45) is 0 Å². The number of benzene rings is 1. The number of aromatic nitrogens is 3. The molecule has 6 nitrogen and oxygen atoms in total. The lowest BCUT2D eigenvalue weighted by Crippen LogP contribution is -2.31. The van der Waals surface area contributed by atoms with Crippen molar-refractivity contribution in [3.8, 4) is 0 Å². The maximum absolute atomic E-state index is 12.7. The first-order valence-corrected chi connectivity index (χ1v) is 8.47.